The zero-order chi connectivity index (χ0) is 17.1. The number of esters is 1. The van der Waals surface area contributed by atoms with Gasteiger partial charge in [-0.1, -0.05) is 0 Å². The summed E-state index contributed by atoms with van der Waals surface area (Å²) in [5, 5.41) is 9.24. The van der Waals surface area contributed by atoms with E-state index in [1.54, 1.807) is 13.8 Å². The van der Waals surface area contributed by atoms with Crippen molar-refractivity contribution in [2.45, 2.75) is 78.2 Å². The van der Waals surface area contributed by atoms with E-state index in [1.165, 1.54) is 0 Å². The van der Waals surface area contributed by atoms with Crippen LogP contribution in [0, 0.1) is 5.41 Å². The molecule has 0 unspecified atom stereocenters. The van der Waals surface area contributed by atoms with Gasteiger partial charge in [0.25, 0.3) is 0 Å². The average Bonchev–Trinajstić information content (AvgIpc) is 2.24. The highest BCUT2D eigenvalue weighted by atomic mass is 32.2. The van der Waals surface area contributed by atoms with Crippen LogP contribution in [0.2, 0.25) is 0 Å². The molecule has 0 aromatic carbocycles. The van der Waals surface area contributed by atoms with Crippen molar-refractivity contribution in [1.29, 1.82) is 0 Å². The first-order valence-electron chi connectivity index (χ1n) is 7.24. The minimum absolute atomic E-state index is 0.0920. The number of aliphatic hydroxyl groups is 1. The third kappa shape index (κ3) is 6.89. The van der Waals surface area contributed by atoms with Crippen molar-refractivity contribution in [1.82, 2.24) is 4.72 Å². The van der Waals surface area contributed by atoms with Gasteiger partial charge in [-0.3, -0.25) is 4.79 Å². The summed E-state index contributed by atoms with van der Waals surface area (Å²) >= 11 is 0. The van der Waals surface area contributed by atoms with Crippen molar-refractivity contribution in [3.05, 3.63) is 0 Å². The number of nitrogens with one attached hydrogen (secondary N) is 1. The maximum Gasteiger partial charge on any atom is 0.313 e. The van der Waals surface area contributed by atoms with Crippen LogP contribution in [-0.2, 0) is 20.5 Å². The molecule has 0 rings (SSSR count). The number of hydrogen-bond acceptors (Lipinski definition) is 4. The van der Waals surface area contributed by atoms with Gasteiger partial charge >= 0.3 is 5.97 Å². The molecule has 0 fully saturated rings. The van der Waals surface area contributed by atoms with Crippen LogP contribution >= 0.6 is 0 Å². The first-order valence-corrected chi connectivity index (χ1v) is 8.39. The topological polar surface area (TPSA) is 75.6 Å². The molecule has 0 spiro atoms. The number of hydrogen-bond donors (Lipinski definition) is 2. The number of carbonyl (C=O) groups is 1. The molecule has 2 N–H and O–H groups in total. The molecular formula is C15H31NO4S. The molecule has 0 aliphatic heterocycles. The van der Waals surface area contributed by atoms with E-state index in [0.717, 1.165) is 0 Å². The van der Waals surface area contributed by atoms with E-state index in [-0.39, 0.29) is 12.6 Å². The minimum atomic E-state index is -1.32. The van der Waals surface area contributed by atoms with Gasteiger partial charge in [0, 0.05) is 12.6 Å². The lowest BCUT2D eigenvalue weighted by molar-refractivity contribution is -0.167. The van der Waals surface area contributed by atoms with Gasteiger partial charge < -0.3 is 9.84 Å². The summed E-state index contributed by atoms with van der Waals surface area (Å²) in [6, 6.07) is -0.433. The molecule has 0 saturated heterocycles. The fraction of sp³-hybridized carbons (Fsp3) is 0.933. The van der Waals surface area contributed by atoms with Crippen LogP contribution in [0.5, 0.6) is 0 Å². The molecule has 0 saturated carbocycles. The average molecular weight is 321 g/mol. The molecule has 0 aromatic heterocycles. The van der Waals surface area contributed by atoms with Crippen molar-refractivity contribution >= 4 is 17.0 Å². The van der Waals surface area contributed by atoms with Crippen LogP contribution in [0.1, 0.15) is 61.8 Å². The molecule has 21 heavy (non-hydrogen) atoms. The number of carbonyl (C=O) groups excluding carboxylic acids is 1. The van der Waals surface area contributed by atoms with E-state index >= 15 is 0 Å². The molecular weight excluding hydrogens is 290 g/mol. The molecule has 0 radical (unpaired) electrons. The van der Waals surface area contributed by atoms with Gasteiger partial charge in [-0.05, 0) is 61.8 Å². The molecule has 5 nitrogen and oxygen atoms in total. The van der Waals surface area contributed by atoms with Gasteiger partial charge in [-0.15, -0.1) is 0 Å². The van der Waals surface area contributed by atoms with E-state index in [2.05, 4.69) is 4.72 Å². The van der Waals surface area contributed by atoms with Crippen LogP contribution in [0.25, 0.3) is 0 Å². The lowest BCUT2D eigenvalue weighted by Crippen LogP contribution is -2.52. The highest BCUT2D eigenvalue weighted by Crippen LogP contribution is 2.28. The Labute approximate surface area is 131 Å². The summed E-state index contributed by atoms with van der Waals surface area (Å²) < 4.78 is 20.2. The fourth-order valence-corrected chi connectivity index (χ4v) is 2.58. The minimum Gasteiger partial charge on any atom is -0.460 e. The van der Waals surface area contributed by atoms with Crippen LogP contribution in [-0.4, -0.2) is 38.3 Å². The SMILES string of the molecule is CC(C)(C)OC(=O)C(C)(C)[C@@H](CCO)N[S@@](=O)C(C)(C)C. The van der Waals surface area contributed by atoms with Crippen molar-refractivity contribution in [2.24, 2.45) is 5.41 Å². The third-order valence-electron chi connectivity index (χ3n) is 3.02. The Hall–Kier alpha value is -0.460. The molecule has 0 heterocycles. The Morgan fingerprint density at radius 2 is 1.62 bits per heavy atom. The van der Waals surface area contributed by atoms with Crippen LogP contribution in [0.3, 0.4) is 0 Å². The summed E-state index contributed by atoms with van der Waals surface area (Å²) in [6.45, 7) is 14.4. The zero-order valence-corrected chi connectivity index (χ0v) is 15.4. The van der Waals surface area contributed by atoms with Crippen LogP contribution in [0.15, 0.2) is 0 Å². The van der Waals surface area contributed by atoms with E-state index in [0.29, 0.717) is 6.42 Å². The largest absolute Gasteiger partial charge is 0.460 e. The Morgan fingerprint density at radius 3 is 1.95 bits per heavy atom. The standard InChI is InChI=1S/C15H31NO4S/c1-13(2,3)20-12(18)15(7,8)11(9-10-17)16-21(19)14(4,5)6/h11,16-17H,9-10H2,1-8H3/t11-,21+/m1/s1. The Kier molecular flexibility index (Phi) is 7.04. The van der Waals surface area contributed by atoms with Crippen LogP contribution in [0.4, 0.5) is 0 Å². The van der Waals surface area contributed by atoms with Crippen molar-refractivity contribution in [2.75, 3.05) is 6.61 Å². The number of ether oxygens (including phenoxy) is 1. The normalized spacial score (nSPS) is 16.4. The van der Waals surface area contributed by atoms with Gasteiger partial charge in [-0.2, -0.15) is 0 Å². The first-order chi connectivity index (χ1) is 9.21. The molecule has 0 amide bonds. The second-order valence-electron chi connectivity index (χ2n) is 7.79. The summed E-state index contributed by atoms with van der Waals surface area (Å²) in [5.41, 5.74) is -1.47. The van der Waals surface area contributed by atoms with Crippen molar-refractivity contribution in [3.8, 4) is 0 Å². The molecule has 0 aromatic rings. The van der Waals surface area contributed by atoms with E-state index in [9.17, 15) is 14.1 Å². The molecule has 6 heteroatoms. The maximum absolute atomic E-state index is 12.4. The smallest absolute Gasteiger partial charge is 0.313 e. The van der Waals surface area contributed by atoms with Gasteiger partial charge in [0.1, 0.15) is 5.60 Å². The molecule has 126 valence electrons. The summed E-state index contributed by atoms with van der Waals surface area (Å²) in [5.74, 6) is -0.369. The monoisotopic (exact) mass is 321 g/mol. The number of aliphatic hydroxyl groups excluding tert-OH is 1. The second-order valence-corrected chi connectivity index (χ2v) is 9.79. The van der Waals surface area contributed by atoms with Gasteiger partial charge in [0.2, 0.25) is 0 Å². The lowest BCUT2D eigenvalue weighted by Gasteiger charge is -2.36. The van der Waals surface area contributed by atoms with E-state index in [4.69, 9.17) is 4.74 Å². The molecule has 0 bridgehead atoms. The van der Waals surface area contributed by atoms with E-state index in [1.807, 2.05) is 41.5 Å². The first kappa shape index (κ1) is 20.5. The highest BCUT2D eigenvalue weighted by Gasteiger charge is 2.41. The van der Waals surface area contributed by atoms with Crippen LogP contribution < -0.4 is 4.72 Å². The van der Waals surface area contributed by atoms with Crippen molar-refractivity contribution < 1.29 is 18.8 Å². The van der Waals surface area contributed by atoms with E-state index < -0.39 is 32.8 Å². The number of rotatable bonds is 6. The van der Waals surface area contributed by atoms with Crippen molar-refractivity contribution in [3.63, 3.8) is 0 Å². The Morgan fingerprint density at radius 1 is 1.14 bits per heavy atom. The maximum atomic E-state index is 12.4. The summed E-state index contributed by atoms with van der Waals surface area (Å²) in [7, 11) is -1.32. The Bertz CT molecular complexity index is 380. The van der Waals surface area contributed by atoms with Gasteiger partial charge in [0.15, 0.2) is 0 Å². The predicted molar refractivity (Wildman–Crippen MR) is 86.1 cm³/mol. The quantitative estimate of drug-likeness (QED) is 0.735. The Balaban J connectivity index is 5.16. The highest BCUT2D eigenvalue weighted by molar-refractivity contribution is 7.84. The third-order valence-corrected chi connectivity index (χ3v) is 4.63. The second kappa shape index (κ2) is 7.20. The zero-order valence-electron chi connectivity index (χ0n) is 14.6. The molecule has 2 atom stereocenters. The molecule has 0 aliphatic rings. The predicted octanol–water partition coefficient (Wildman–Crippen LogP) is 2.16. The van der Waals surface area contributed by atoms with Gasteiger partial charge in [-0.25, -0.2) is 8.93 Å². The van der Waals surface area contributed by atoms with Gasteiger partial charge in [0.05, 0.1) is 21.1 Å². The summed E-state index contributed by atoms with van der Waals surface area (Å²) in [4.78, 5) is 12.4. The fourth-order valence-electron chi connectivity index (χ4n) is 1.55. The lowest BCUT2D eigenvalue weighted by atomic mass is 9.83. The molecule has 0 aliphatic carbocycles. The summed E-state index contributed by atoms with van der Waals surface area (Å²) in [6.07, 6.45) is 0.327.